The van der Waals surface area contributed by atoms with Gasteiger partial charge in [0, 0.05) is 38.4 Å². The molecule has 0 spiro atoms. The molecule has 3 aromatic rings. The molecule has 148 valence electrons. The Morgan fingerprint density at radius 2 is 1.68 bits per heavy atom. The summed E-state index contributed by atoms with van der Waals surface area (Å²) in [4.78, 5) is 10.6. The third-order valence-corrected chi connectivity index (χ3v) is 5.41. The minimum atomic E-state index is -4.30. The van der Waals surface area contributed by atoms with E-state index in [-0.39, 0.29) is 0 Å². The number of hydrogen-bond acceptors (Lipinski definition) is 3. The normalized spacial score (nSPS) is 16.0. The SMILES string of the molecule is FC(F)(F)c1cccc(N2CCN(CCc3ccc4[nH]c(=S)[nH]c4c3)CC2)c1. The van der Waals surface area contributed by atoms with Crippen molar-refractivity contribution in [2.24, 2.45) is 0 Å². The first-order valence-electron chi connectivity index (χ1n) is 9.24. The van der Waals surface area contributed by atoms with Crippen LogP contribution in [0.1, 0.15) is 11.1 Å². The van der Waals surface area contributed by atoms with Crippen LogP contribution in [-0.2, 0) is 12.6 Å². The number of alkyl halides is 3. The maximum atomic E-state index is 12.9. The second-order valence-electron chi connectivity index (χ2n) is 7.09. The molecule has 1 saturated heterocycles. The minimum absolute atomic E-state index is 0.591. The van der Waals surface area contributed by atoms with Crippen LogP contribution in [0.15, 0.2) is 42.5 Å². The Labute approximate surface area is 166 Å². The van der Waals surface area contributed by atoms with E-state index >= 15 is 0 Å². The lowest BCUT2D eigenvalue weighted by Gasteiger charge is -2.36. The zero-order valence-electron chi connectivity index (χ0n) is 15.2. The highest BCUT2D eigenvalue weighted by molar-refractivity contribution is 7.71. The molecule has 2 N–H and O–H groups in total. The van der Waals surface area contributed by atoms with E-state index in [0.717, 1.165) is 56.2 Å². The average molecular weight is 406 g/mol. The molecule has 0 radical (unpaired) electrons. The van der Waals surface area contributed by atoms with Crippen molar-refractivity contribution in [3.8, 4) is 0 Å². The number of halogens is 3. The molecule has 1 fully saturated rings. The molecule has 4 nitrogen and oxygen atoms in total. The highest BCUT2D eigenvalue weighted by Gasteiger charge is 2.31. The van der Waals surface area contributed by atoms with Gasteiger partial charge in [-0.3, -0.25) is 4.90 Å². The highest BCUT2D eigenvalue weighted by Crippen LogP contribution is 2.31. The van der Waals surface area contributed by atoms with Gasteiger partial charge < -0.3 is 14.9 Å². The Morgan fingerprint density at radius 1 is 0.929 bits per heavy atom. The predicted molar refractivity (Wildman–Crippen MR) is 107 cm³/mol. The Kier molecular flexibility index (Phi) is 5.16. The lowest BCUT2D eigenvalue weighted by molar-refractivity contribution is -0.137. The lowest BCUT2D eigenvalue weighted by atomic mass is 10.1. The zero-order valence-corrected chi connectivity index (χ0v) is 16.0. The van der Waals surface area contributed by atoms with Crippen molar-refractivity contribution in [1.82, 2.24) is 14.9 Å². The number of nitrogens with zero attached hydrogens (tertiary/aromatic N) is 2. The Morgan fingerprint density at radius 3 is 2.43 bits per heavy atom. The van der Waals surface area contributed by atoms with E-state index in [1.54, 1.807) is 6.07 Å². The van der Waals surface area contributed by atoms with Crippen LogP contribution in [0.5, 0.6) is 0 Å². The van der Waals surface area contributed by atoms with E-state index < -0.39 is 11.7 Å². The molecule has 0 atom stereocenters. The van der Waals surface area contributed by atoms with Crippen LogP contribution in [-0.4, -0.2) is 47.6 Å². The van der Waals surface area contributed by atoms with Crippen molar-refractivity contribution in [3.63, 3.8) is 0 Å². The number of benzene rings is 2. The van der Waals surface area contributed by atoms with Gasteiger partial charge in [-0.2, -0.15) is 13.2 Å². The summed E-state index contributed by atoms with van der Waals surface area (Å²) < 4.78 is 39.4. The smallest absolute Gasteiger partial charge is 0.369 e. The summed E-state index contributed by atoms with van der Waals surface area (Å²) in [5.41, 5.74) is 3.30. The predicted octanol–water partition coefficient (Wildman–Crippen LogP) is 4.61. The fourth-order valence-corrected chi connectivity index (χ4v) is 3.85. The number of nitrogens with one attached hydrogen (secondary N) is 2. The van der Waals surface area contributed by atoms with Crippen LogP contribution < -0.4 is 4.90 Å². The van der Waals surface area contributed by atoms with Crippen molar-refractivity contribution in [1.29, 1.82) is 0 Å². The Bertz CT molecular complexity index is 1020. The van der Waals surface area contributed by atoms with Crippen LogP contribution >= 0.6 is 12.2 Å². The van der Waals surface area contributed by atoms with Crippen LogP contribution in [0, 0.1) is 4.77 Å². The summed E-state index contributed by atoms with van der Waals surface area (Å²) in [7, 11) is 0. The standard InChI is InChI=1S/C20H21F3N4S/c21-20(22,23)15-2-1-3-16(13-15)27-10-8-26(9-11-27)7-6-14-4-5-17-18(12-14)25-19(28)24-17/h1-5,12-13H,6-11H2,(H2,24,25,28). The first kappa shape index (κ1) is 19.0. The van der Waals surface area contributed by atoms with Crippen molar-refractivity contribution in [2.75, 3.05) is 37.6 Å². The van der Waals surface area contributed by atoms with Gasteiger partial charge in [0.2, 0.25) is 0 Å². The van der Waals surface area contributed by atoms with E-state index in [0.29, 0.717) is 10.5 Å². The molecular formula is C20H21F3N4S. The number of anilines is 1. The van der Waals surface area contributed by atoms with Gasteiger partial charge in [-0.15, -0.1) is 0 Å². The molecular weight excluding hydrogens is 385 g/mol. The first-order valence-corrected chi connectivity index (χ1v) is 9.65. The molecule has 4 rings (SSSR count). The fourth-order valence-electron chi connectivity index (χ4n) is 3.63. The van der Waals surface area contributed by atoms with Crippen molar-refractivity contribution in [3.05, 3.63) is 58.4 Å². The van der Waals surface area contributed by atoms with E-state index in [2.05, 4.69) is 27.0 Å². The molecule has 2 aromatic carbocycles. The number of hydrogen-bond donors (Lipinski definition) is 2. The number of aromatic nitrogens is 2. The second kappa shape index (κ2) is 7.60. The molecule has 0 unspecified atom stereocenters. The molecule has 0 saturated carbocycles. The van der Waals surface area contributed by atoms with Gasteiger partial charge >= 0.3 is 6.18 Å². The third kappa shape index (κ3) is 4.23. The molecule has 2 heterocycles. The van der Waals surface area contributed by atoms with E-state index in [4.69, 9.17) is 12.2 Å². The number of aromatic amines is 2. The number of rotatable bonds is 4. The number of fused-ring (bicyclic) bond motifs is 1. The fraction of sp³-hybridized carbons (Fsp3) is 0.350. The molecule has 28 heavy (non-hydrogen) atoms. The quantitative estimate of drug-likeness (QED) is 0.622. The summed E-state index contributed by atoms with van der Waals surface area (Å²) in [5.74, 6) is 0. The van der Waals surface area contributed by atoms with Crippen molar-refractivity contribution < 1.29 is 13.2 Å². The lowest BCUT2D eigenvalue weighted by Crippen LogP contribution is -2.47. The van der Waals surface area contributed by atoms with Gasteiger partial charge in [0.25, 0.3) is 0 Å². The summed E-state index contributed by atoms with van der Waals surface area (Å²) in [6, 6.07) is 11.8. The van der Waals surface area contributed by atoms with Gasteiger partial charge in [-0.25, -0.2) is 0 Å². The van der Waals surface area contributed by atoms with Crippen LogP contribution in [0.25, 0.3) is 11.0 Å². The summed E-state index contributed by atoms with van der Waals surface area (Å²) in [6.07, 6.45) is -3.38. The Balaban J connectivity index is 1.33. The highest BCUT2D eigenvalue weighted by atomic mass is 32.1. The van der Waals surface area contributed by atoms with Crippen molar-refractivity contribution >= 4 is 28.9 Å². The summed E-state index contributed by atoms with van der Waals surface area (Å²) >= 11 is 5.12. The van der Waals surface area contributed by atoms with E-state index in [1.165, 1.54) is 17.7 Å². The number of H-pyrrole nitrogens is 2. The largest absolute Gasteiger partial charge is 0.416 e. The van der Waals surface area contributed by atoms with E-state index in [1.807, 2.05) is 11.0 Å². The second-order valence-corrected chi connectivity index (χ2v) is 7.49. The maximum Gasteiger partial charge on any atom is 0.416 e. The van der Waals surface area contributed by atoms with Gasteiger partial charge in [0.05, 0.1) is 16.6 Å². The van der Waals surface area contributed by atoms with Crippen molar-refractivity contribution in [2.45, 2.75) is 12.6 Å². The topological polar surface area (TPSA) is 38.1 Å². The van der Waals surface area contributed by atoms with Crippen LogP contribution in [0.4, 0.5) is 18.9 Å². The zero-order chi connectivity index (χ0) is 19.7. The summed E-state index contributed by atoms with van der Waals surface area (Å²) in [5, 5.41) is 0. The van der Waals surface area contributed by atoms with Crippen LogP contribution in [0.2, 0.25) is 0 Å². The molecule has 8 heteroatoms. The van der Waals surface area contributed by atoms with Gasteiger partial charge in [0.15, 0.2) is 4.77 Å². The average Bonchev–Trinajstić information content (AvgIpc) is 3.05. The first-order chi connectivity index (χ1) is 13.4. The number of imidazole rings is 1. The monoisotopic (exact) mass is 406 g/mol. The minimum Gasteiger partial charge on any atom is -0.369 e. The molecule has 0 bridgehead atoms. The van der Waals surface area contributed by atoms with E-state index in [9.17, 15) is 13.2 Å². The van der Waals surface area contributed by atoms with Gasteiger partial charge in [0.1, 0.15) is 0 Å². The molecule has 0 amide bonds. The summed E-state index contributed by atoms with van der Waals surface area (Å²) in [6.45, 7) is 4.06. The van der Waals surface area contributed by atoms with Crippen LogP contribution in [0.3, 0.4) is 0 Å². The molecule has 1 aliphatic rings. The number of piperazine rings is 1. The maximum absolute atomic E-state index is 12.9. The molecule has 0 aliphatic carbocycles. The van der Waals surface area contributed by atoms with Gasteiger partial charge in [-0.05, 0) is 54.5 Å². The molecule has 1 aliphatic heterocycles. The van der Waals surface area contributed by atoms with Gasteiger partial charge in [-0.1, -0.05) is 12.1 Å². The third-order valence-electron chi connectivity index (χ3n) is 5.21. The Hall–Kier alpha value is -2.32. The molecule has 1 aromatic heterocycles.